The lowest BCUT2D eigenvalue weighted by molar-refractivity contribution is 0.0948. The molecular formula is C23H26N4O. The van der Waals surface area contributed by atoms with Gasteiger partial charge in [-0.25, -0.2) is 4.68 Å². The SMILES string of the molecule is Cc1ccc(-n2nc(C(=O)NCCc3ccc(N)cc3)c3c2CCC3)c(C)c1. The van der Waals surface area contributed by atoms with E-state index in [0.717, 1.165) is 48.2 Å². The molecule has 0 saturated heterocycles. The predicted molar refractivity (Wildman–Crippen MR) is 112 cm³/mol. The number of nitrogens with zero attached hydrogens (tertiary/aromatic N) is 2. The molecule has 0 spiro atoms. The normalized spacial score (nSPS) is 12.8. The van der Waals surface area contributed by atoms with Crippen molar-refractivity contribution in [3.63, 3.8) is 0 Å². The van der Waals surface area contributed by atoms with Crippen LogP contribution in [0, 0.1) is 13.8 Å². The van der Waals surface area contributed by atoms with Crippen molar-refractivity contribution >= 4 is 11.6 Å². The van der Waals surface area contributed by atoms with E-state index >= 15 is 0 Å². The first-order valence-corrected chi connectivity index (χ1v) is 9.84. The number of hydrogen-bond acceptors (Lipinski definition) is 3. The highest BCUT2D eigenvalue weighted by atomic mass is 16.1. The lowest BCUT2D eigenvalue weighted by Gasteiger charge is -2.10. The van der Waals surface area contributed by atoms with Gasteiger partial charge in [0.05, 0.1) is 5.69 Å². The van der Waals surface area contributed by atoms with Crippen LogP contribution in [0.3, 0.4) is 0 Å². The fourth-order valence-electron chi connectivity index (χ4n) is 3.95. The molecule has 0 aliphatic heterocycles. The van der Waals surface area contributed by atoms with Crippen LogP contribution < -0.4 is 11.1 Å². The Morgan fingerprint density at radius 2 is 1.93 bits per heavy atom. The van der Waals surface area contributed by atoms with E-state index in [4.69, 9.17) is 10.8 Å². The Kier molecular flexibility index (Phi) is 4.90. The summed E-state index contributed by atoms with van der Waals surface area (Å²) in [5, 5.41) is 7.75. The molecule has 0 unspecified atom stereocenters. The smallest absolute Gasteiger partial charge is 0.272 e. The molecule has 1 amide bonds. The van der Waals surface area contributed by atoms with Gasteiger partial charge in [0.25, 0.3) is 5.91 Å². The number of aromatic nitrogens is 2. The zero-order valence-electron chi connectivity index (χ0n) is 16.5. The number of anilines is 1. The van der Waals surface area contributed by atoms with Crippen molar-refractivity contribution < 1.29 is 4.79 Å². The topological polar surface area (TPSA) is 72.9 Å². The van der Waals surface area contributed by atoms with Crippen molar-refractivity contribution in [2.24, 2.45) is 0 Å². The molecule has 1 heterocycles. The van der Waals surface area contributed by atoms with E-state index in [-0.39, 0.29) is 5.91 Å². The summed E-state index contributed by atoms with van der Waals surface area (Å²) in [5.41, 5.74) is 13.9. The van der Waals surface area contributed by atoms with Gasteiger partial charge in [0, 0.05) is 23.5 Å². The number of amides is 1. The van der Waals surface area contributed by atoms with Crippen LogP contribution in [0.5, 0.6) is 0 Å². The van der Waals surface area contributed by atoms with Crippen molar-refractivity contribution in [2.45, 2.75) is 39.5 Å². The van der Waals surface area contributed by atoms with Gasteiger partial charge in [0.15, 0.2) is 5.69 Å². The van der Waals surface area contributed by atoms with Crippen molar-refractivity contribution in [3.8, 4) is 5.69 Å². The van der Waals surface area contributed by atoms with Gasteiger partial charge >= 0.3 is 0 Å². The average Bonchev–Trinajstić information content (AvgIpc) is 3.26. The first-order valence-electron chi connectivity index (χ1n) is 9.84. The highest BCUT2D eigenvalue weighted by Gasteiger charge is 2.27. The Morgan fingerprint density at radius 3 is 2.68 bits per heavy atom. The van der Waals surface area contributed by atoms with E-state index < -0.39 is 0 Å². The highest BCUT2D eigenvalue weighted by molar-refractivity contribution is 5.94. The van der Waals surface area contributed by atoms with Crippen molar-refractivity contribution in [3.05, 3.63) is 76.1 Å². The zero-order chi connectivity index (χ0) is 19.7. The molecule has 5 heteroatoms. The Balaban J connectivity index is 1.53. The number of carbonyl (C=O) groups is 1. The maximum Gasteiger partial charge on any atom is 0.272 e. The molecule has 0 atom stereocenters. The summed E-state index contributed by atoms with van der Waals surface area (Å²) in [7, 11) is 0. The molecule has 3 aromatic rings. The minimum absolute atomic E-state index is 0.0860. The summed E-state index contributed by atoms with van der Waals surface area (Å²) in [4.78, 5) is 12.8. The zero-order valence-corrected chi connectivity index (χ0v) is 16.5. The third-order valence-corrected chi connectivity index (χ3v) is 5.40. The molecule has 1 aliphatic carbocycles. The lowest BCUT2D eigenvalue weighted by atomic mass is 10.1. The number of nitrogens with one attached hydrogen (secondary N) is 1. The minimum Gasteiger partial charge on any atom is -0.399 e. The Morgan fingerprint density at radius 1 is 1.14 bits per heavy atom. The van der Waals surface area contributed by atoms with Gasteiger partial charge in [-0.05, 0) is 68.9 Å². The summed E-state index contributed by atoms with van der Waals surface area (Å²) in [5.74, 6) is -0.0860. The van der Waals surface area contributed by atoms with Crippen molar-refractivity contribution in [1.29, 1.82) is 0 Å². The number of fused-ring (bicyclic) bond motifs is 1. The molecule has 0 radical (unpaired) electrons. The Bertz CT molecular complexity index is 1020. The molecule has 1 aromatic heterocycles. The predicted octanol–water partition coefficient (Wildman–Crippen LogP) is 3.53. The maximum absolute atomic E-state index is 12.8. The van der Waals surface area contributed by atoms with Crippen LogP contribution in [0.25, 0.3) is 5.69 Å². The van der Waals surface area contributed by atoms with E-state index in [1.54, 1.807) is 0 Å². The number of benzene rings is 2. The third kappa shape index (κ3) is 3.52. The van der Waals surface area contributed by atoms with Crippen LogP contribution in [-0.4, -0.2) is 22.2 Å². The molecule has 1 aliphatic rings. The largest absolute Gasteiger partial charge is 0.399 e. The van der Waals surface area contributed by atoms with Gasteiger partial charge in [0.1, 0.15) is 0 Å². The number of rotatable bonds is 5. The number of hydrogen-bond donors (Lipinski definition) is 2. The van der Waals surface area contributed by atoms with E-state index in [2.05, 4.69) is 37.4 Å². The second kappa shape index (κ2) is 7.50. The van der Waals surface area contributed by atoms with E-state index in [1.165, 1.54) is 16.8 Å². The second-order valence-corrected chi connectivity index (χ2v) is 7.58. The minimum atomic E-state index is -0.0860. The number of nitrogens with two attached hydrogens (primary N) is 1. The molecule has 0 fully saturated rings. The number of aryl methyl sites for hydroxylation is 2. The van der Waals surface area contributed by atoms with Crippen LogP contribution >= 0.6 is 0 Å². The van der Waals surface area contributed by atoms with Crippen LogP contribution in [-0.2, 0) is 19.3 Å². The van der Waals surface area contributed by atoms with Crippen LogP contribution in [0.2, 0.25) is 0 Å². The van der Waals surface area contributed by atoms with Crippen LogP contribution in [0.15, 0.2) is 42.5 Å². The molecule has 0 bridgehead atoms. The molecule has 3 N–H and O–H groups in total. The molecule has 2 aromatic carbocycles. The van der Waals surface area contributed by atoms with Gasteiger partial charge in [-0.2, -0.15) is 5.10 Å². The molecule has 5 nitrogen and oxygen atoms in total. The first kappa shape index (κ1) is 18.3. The van der Waals surface area contributed by atoms with Crippen molar-refractivity contribution in [2.75, 3.05) is 12.3 Å². The number of carbonyl (C=O) groups excluding carboxylic acids is 1. The van der Waals surface area contributed by atoms with Gasteiger partial charge in [-0.3, -0.25) is 4.79 Å². The van der Waals surface area contributed by atoms with E-state index in [1.807, 2.05) is 28.9 Å². The maximum atomic E-state index is 12.8. The second-order valence-electron chi connectivity index (χ2n) is 7.58. The van der Waals surface area contributed by atoms with E-state index in [0.29, 0.717) is 12.2 Å². The Labute approximate surface area is 165 Å². The summed E-state index contributed by atoms with van der Waals surface area (Å²) < 4.78 is 1.98. The third-order valence-electron chi connectivity index (χ3n) is 5.40. The van der Waals surface area contributed by atoms with Gasteiger partial charge in [-0.15, -0.1) is 0 Å². The summed E-state index contributed by atoms with van der Waals surface area (Å²) >= 11 is 0. The van der Waals surface area contributed by atoms with Gasteiger partial charge in [-0.1, -0.05) is 29.8 Å². The average molecular weight is 374 g/mol. The highest BCUT2D eigenvalue weighted by Crippen LogP contribution is 2.29. The number of nitrogen functional groups attached to an aromatic ring is 1. The van der Waals surface area contributed by atoms with Crippen LogP contribution in [0.4, 0.5) is 5.69 Å². The monoisotopic (exact) mass is 374 g/mol. The van der Waals surface area contributed by atoms with Crippen molar-refractivity contribution in [1.82, 2.24) is 15.1 Å². The fraction of sp³-hybridized carbons (Fsp3) is 0.304. The summed E-state index contributed by atoms with van der Waals surface area (Å²) in [6, 6.07) is 14.1. The van der Waals surface area contributed by atoms with Crippen LogP contribution in [0.1, 0.15) is 44.9 Å². The molecule has 0 saturated carbocycles. The standard InChI is InChI=1S/C23H26N4O/c1-15-6-11-20(16(2)14-15)27-21-5-3-4-19(21)22(26-27)23(28)25-13-12-17-7-9-18(24)10-8-17/h6-11,14H,3-5,12-13,24H2,1-2H3,(H,25,28). The summed E-state index contributed by atoms with van der Waals surface area (Å²) in [6.45, 7) is 4.76. The Hall–Kier alpha value is -3.08. The molecule has 28 heavy (non-hydrogen) atoms. The lowest BCUT2D eigenvalue weighted by Crippen LogP contribution is -2.27. The van der Waals surface area contributed by atoms with Gasteiger partial charge < -0.3 is 11.1 Å². The molecule has 144 valence electrons. The summed E-state index contributed by atoms with van der Waals surface area (Å²) in [6.07, 6.45) is 3.73. The quantitative estimate of drug-likeness (QED) is 0.671. The fourth-order valence-corrected chi connectivity index (χ4v) is 3.95. The van der Waals surface area contributed by atoms with E-state index in [9.17, 15) is 4.79 Å². The molecular weight excluding hydrogens is 348 g/mol. The first-order chi connectivity index (χ1) is 13.5. The molecule has 4 rings (SSSR count). The van der Waals surface area contributed by atoms with Gasteiger partial charge in [0.2, 0.25) is 0 Å².